The number of aromatic nitrogens is 1. The van der Waals surface area contributed by atoms with Crippen molar-refractivity contribution in [1.29, 1.82) is 0 Å². The summed E-state index contributed by atoms with van der Waals surface area (Å²) in [5, 5.41) is 8.75. The molecule has 0 saturated carbocycles. The SMILES string of the molecule is NC(Cc1ccc(C#Cc2ccccn2)cc1)C(=O)O. The molecule has 0 radical (unpaired) electrons. The second-order valence-electron chi connectivity index (χ2n) is 4.31. The molecule has 0 aliphatic heterocycles. The van der Waals surface area contributed by atoms with Crippen molar-refractivity contribution >= 4 is 5.97 Å². The molecule has 0 bridgehead atoms. The standard InChI is InChI=1S/C16H14N2O2/c17-15(16(19)20)11-13-6-4-12(5-7-13)8-9-14-3-1-2-10-18-14/h1-7,10,15H,11,17H2,(H,19,20). The maximum Gasteiger partial charge on any atom is 0.320 e. The van der Waals surface area contributed by atoms with Crippen molar-refractivity contribution in [3.05, 3.63) is 65.5 Å². The molecule has 4 heteroatoms. The van der Waals surface area contributed by atoms with Crippen LogP contribution in [0.4, 0.5) is 0 Å². The Morgan fingerprint density at radius 1 is 1.20 bits per heavy atom. The summed E-state index contributed by atoms with van der Waals surface area (Å²) < 4.78 is 0. The third kappa shape index (κ3) is 3.94. The van der Waals surface area contributed by atoms with Crippen LogP contribution in [0.25, 0.3) is 0 Å². The van der Waals surface area contributed by atoms with Gasteiger partial charge in [0.2, 0.25) is 0 Å². The number of aliphatic carboxylic acids is 1. The molecular weight excluding hydrogens is 252 g/mol. The van der Waals surface area contributed by atoms with Gasteiger partial charge in [-0.2, -0.15) is 0 Å². The lowest BCUT2D eigenvalue weighted by atomic mass is 10.0. The molecule has 4 nitrogen and oxygen atoms in total. The maximum atomic E-state index is 10.7. The lowest BCUT2D eigenvalue weighted by Crippen LogP contribution is -2.32. The summed E-state index contributed by atoms with van der Waals surface area (Å²) in [5.41, 5.74) is 7.93. The zero-order valence-corrected chi connectivity index (χ0v) is 10.8. The molecule has 0 fully saturated rings. The number of hydrogen-bond donors (Lipinski definition) is 2. The van der Waals surface area contributed by atoms with E-state index in [0.717, 1.165) is 11.1 Å². The van der Waals surface area contributed by atoms with Gasteiger partial charge in [0.15, 0.2) is 0 Å². The van der Waals surface area contributed by atoms with Gasteiger partial charge in [-0.25, -0.2) is 4.98 Å². The molecule has 1 aromatic carbocycles. The summed E-state index contributed by atoms with van der Waals surface area (Å²) in [4.78, 5) is 14.8. The van der Waals surface area contributed by atoms with Gasteiger partial charge in [0.05, 0.1) is 0 Å². The fourth-order valence-electron chi connectivity index (χ4n) is 1.64. The summed E-state index contributed by atoms with van der Waals surface area (Å²) in [6.45, 7) is 0. The molecule has 1 atom stereocenters. The van der Waals surface area contributed by atoms with Crippen LogP contribution >= 0.6 is 0 Å². The molecule has 0 spiro atoms. The Kier molecular flexibility index (Phi) is 4.48. The van der Waals surface area contributed by atoms with Gasteiger partial charge in [-0.05, 0) is 42.2 Å². The van der Waals surface area contributed by atoms with Gasteiger partial charge in [0, 0.05) is 11.8 Å². The Labute approximate surface area is 117 Å². The monoisotopic (exact) mass is 266 g/mol. The van der Waals surface area contributed by atoms with Gasteiger partial charge in [-0.1, -0.05) is 24.1 Å². The van der Waals surface area contributed by atoms with Crippen LogP contribution < -0.4 is 5.73 Å². The van der Waals surface area contributed by atoms with Crippen molar-refractivity contribution in [2.75, 3.05) is 0 Å². The highest BCUT2D eigenvalue weighted by molar-refractivity contribution is 5.73. The number of carboxylic acid groups (broad SMARTS) is 1. The second kappa shape index (κ2) is 6.50. The predicted octanol–water partition coefficient (Wildman–Crippen LogP) is 1.44. The average molecular weight is 266 g/mol. The van der Waals surface area contributed by atoms with Crippen molar-refractivity contribution < 1.29 is 9.90 Å². The molecule has 1 unspecified atom stereocenters. The molecule has 0 aliphatic rings. The number of carboxylic acids is 1. The highest BCUT2D eigenvalue weighted by atomic mass is 16.4. The molecule has 100 valence electrons. The van der Waals surface area contributed by atoms with E-state index in [2.05, 4.69) is 16.8 Å². The largest absolute Gasteiger partial charge is 0.480 e. The summed E-state index contributed by atoms with van der Waals surface area (Å²) in [6.07, 6.45) is 2.00. The first-order valence-electron chi connectivity index (χ1n) is 6.15. The fraction of sp³-hybridized carbons (Fsp3) is 0.125. The quantitative estimate of drug-likeness (QED) is 0.824. The molecule has 0 amide bonds. The van der Waals surface area contributed by atoms with Crippen molar-refractivity contribution in [2.45, 2.75) is 12.5 Å². The van der Waals surface area contributed by atoms with E-state index in [4.69, 9.17) is 10.8 Å². The first kappa shape index (κ1) is 13.8. The molecule has 1 heterocycles. The zero-order chi connectivity index (χ0) is 14.4. The number of carbonyl (C=O) groups is 1. The third-order valence-corrected chi connectivity index (χ3v) is 2.73. The highest BCUT2D eigenvalue weighted by Crippen LogP contribution is 2.06. The van der Waals surface area contributed by atoms with Crippen LogP contribution in [0, 0.1) is 11.8 Å². The van der Waals surface area contributed by atoms with Crippen molar-refractivity contribution in [2.24, 2.45) is 5.73 Å². The van der Waals surface area contributed by atoms with Gasteiger partial charge >= 0.3 is 5.97 Å². The van der Waals surface area contributed by atoms with E-state index in [0.29, 0.717) is 12.1 Å². The summed E-state index contributed by atoms with van der Waals surface area (Å²) in [6, 6.07) is 12.1. The topological polar surface area (TPSA) is 76.2 Å². The molecule has 2 rings (SSSR count). The molecule has 3 N–H and O–H groups in total. The van der Waals surface area contributed by atoms with Gasteiger partial charge in [-0.15, -0.1) is 0 Å². The normalized spacial score (nSPS) is 11.2. The first-order chi connectivity index (χ1) is 9.65. The Morgan fingerprint density at radius 3 is 2.55 bits per heavy atom. The maximum absolute atomic E-state index is 10.7. The minimum absolute atomic E-state index is 0.309. The number of benzene rings is 1. The molecular formula is C16H14N2O2. The molecule has 0 aliphatic carbocycles. The van der Waals surface area contributed by atoms with Gasteiger partial charge in [0.1, 0.15) is 11.7 Å². The minimum Gasteiger partial charge on any atom is -0.480 e. The molecule has 20 heavy (non-hydrogen) atoms. The number of nitrogens with two attached hydrogens (primary N) is 1. The first-order valence-corrected chi connectivity index (χ1v) is 6.15. The van der Waals surface area contributed by atoms with Crippen LogP contribution in [0.15, 0.2) is 48.7 Å². The van der Waals surface area contributed by atoms with Crippen LogP contribution in [0.5, 0.6) is 0 Å². The second-order valence-corrected chi connectivity index (χ2v) is 4.31. The van der Waals surface area contributed by atoms with Crippen molar-refractivity contribution in [3.63, 3.8) is 0 Å². The van der Waals surface area contributed by atoms with Crippen LogP contribution in [-0.4, -0.2) is 22.1 Å². The lowest BCUT2D eigenvalue weighted by Gasteiger charge is -2.05. The van der Waals surface area contributed by atoms with Gasteiger partial charge < -0.3 is 10.8 Å². The minimum atomic E-state index is -0.996. The highest BCUT2D eigenvalue weighted by Gasteiger charge is 2.11. The molecule has 0 saturated heterocycles. The van der Waals surface area contributed by atoms with E-state index in [1.165, 1.54) is 0 Å². The summed E-state index contributed by atoms with van der Waals surface area (Å²) in [5.74, 6) is 4.97. The van der Waals surface area contributed by atoms with Crippen molar-refractivity contribution in [3.8, 4) is 11.8 Å². The average Bonchev–Trinajstić information content (AvgIpc) is 2.47. The van der Waals surface area contributed by atoms with Gasteiger partial charge in [-0.3, -0.25) is 4.79 Å². The van der Waals surface area contributed by atoms with Crippen LogP contribution in [0.3, 0.4) is 0 Å². The van der Waals surface area contributed by atoms with E-state index in [9.17, 15) is 4.79 Å². The van der Waals surface area contributed by atoms with E-state index < -0.39 is 12.0 Å². The Bertz CT molecular complexity index is 640. The number of hydrogen-bond acceptors (Lipinski definition) is 3. The molecule has 1 aromatic heterocycles. The van der Waals surface area contributed by atoms with Gasteiger partial charge in [0.25, 0.3) is 0 Å². The van der Waals surface area contributed by atoms with Crippen LogP contribution in [-0.2, 0) is 11.2 Å². The summed E-state index contributed by atoms with van der Waals surface area (Å²) >= 11 is 0. The number of nitrogens with zero attached hydrogens (tertiary/aromatic N) is 1. The third-order valence-electron chi connectivity index (χ3n) is 2.73. The number of pyridine rings is 1. The smallest absolute Gasteiger partial charge is 0.320 e. The van der Waals surface area contributed by atoms with Crippen LogP contribution in [0.2, 0.25) is 0 Å². The summed E-state index contributed by atoms with van der Waals surface area (Å²) in [7, 11) is 0. The Hall–Kier alpha value is -2.64. The lowest BCUT2D eigenvalue weighted by molar-refractivity contribution is -0.138. The van der Waals surface area contributed by atoms with Crippen molar-refractivity contribution in [1.82, 2.24) is 4.98 Å². The number of rotatable bonds is 3. The van der Waals surface area contributed by atoms with E-state index in [1.54, 1.807) is 6.20 Å². The fourth-order valence-corrected chi connectivity index (χ4v) is 1.64. The van der Waals surface area contributed by atoms with E-state index in [1.807, 2.05) is 42.5 Å². The Balaban J connectivity index is 2.06. The predicted molar refractivity (Wildman–Crippen MR) is 76.0 cm³/mol. The molecule has 2 aromatic rings. The Morgan fingerprint density at radius 2 is 1.95 bits per heavy atom. The zero-order valence-electron chi connectivity index (χ0n) is 10.8. The van der Waals surface area contributed by atoms with Crippen LogP contribution in [0.1, 0.15) is 16.8 Å². The van der Waals surface area contributed by atoms with E-state index in [-0.39, 0.29) is 0 Å². The van der Waals surface area contributed by atoms with E-state index >= 15 is 0 Å².